The van der Waals surface area contributed by atoms with Crippen LogP contribution in [0.25, 0.3) is 0 Å². The number of ether oxygens (including phenoxy) is 1. The summed E-state index contributed by atoms with van der Waals surface area (Å²) in [5.74, 6) is 0.172. The summed E-state index contributed by atoms with van der Waals surface area (Å²) in [6.45, 7) is 0.410. The van der Waals surface area contributed by atoms with Crippen LogP contribution < -0.4 is 10.1 Å². The van der Waals surface area contributed by atoms with Crippen LogP contribution >= 0.6 is 12.6 Å². The van der Waals surface area contributed by atoms with Gasteiger partial charge in [0.2, 0.25) is 0 Å². The molecule has 0 radical (unpaired) electrons. The number of thiol groups is 1. The lowest BCUT2D eigenvalue weighted by atomic mass is 10.1. The quantitative estimate of drug-likeness (QED) is 0.856. The molecule has 2 aromatic rings. The van der Waals surface area contributed by atoms with Crippen molar-refractivity contribution in [2.75, 3.05) is 6.54 Å². The van der Waals surface area contributed by atoms with Gasteiger partial charge in [0.05, 0.1) is 6.54 Å². The zero-order chi connectivity index (χ0) is 14.8. The van der Waals surface area contributed by atoms with E-state index in [0.717, 1.165) is 17.7 Å². The third-order valence-corrected chi connectivity index (χ3v) is 3.76. The van der Waals surface area contributed by atoms with E-state index in [4.69, 9.17) is 4.74 Å². The molecule has 0 saturated carbocycles. The molecule has 1 aliphatic rings. The van der Waals surface area contributed by atoms with Gasteiger partial charge in [-0.2, -0.15) is 0 Å². The minimum atomic E-state index is -0.440. The second kappa shape index (κ2) is 5.77. The minimum absolute atomic E-state index is 0.0673. The molecule has 1 aliphatic heterocycles. The largest absolute Gasteiger partial charge is 0.488 e. The molecule has 0 fully saturated rings. The normalized spacial score (nSPS) is 16.2. The van der Waals surface area contributed by atoms with Crippen LogP contribution in [0.15, 0.2) is 47.4 Å². The van der Waals surface area contributed by atoms with Crippen LogP contribution in [0.4, 0.5) is 4.39 Å². The summed E-state index contributed by atoms with van der Waals surface area (Å²) in [5.41, 5.74) is 1.54. The van der Waals surface area contributed by atoms with E-state index in [9.17, 15) is 9.18 Å². The maximum atomic E-state index is 13.1. The van der Waals surface area contributed by atoms with Crippen LogP contribution in [0.2, 0.25) is 0 Å². The summed E-state index contributed by atoms with van der Waals surface area (Å²) < 4.78 is 18.9. The summed E-state index contributed by atoms with van der Waals surface area (Å²) >= 11 is 3.97. The number of amides is 1. The van der Waals surface area contributed by atoms with Crippen molar-refractivity contribution in [2.24, 2.45) is 0 Å². The highest BCUT2D eigenvalue weighted by atomic mass is 32.1. The molecule has 21 heavy (non-hydrogen) atoms. The van der Waals surface area contributed by atoms with Crippen molar-refractivity contribution in [3.63, 3.8) is 0 Å². The molecule has 0 saturated heterocycles. The summed E-state index contributed by atoms with van der Waals surface area (Å²) in [5, 5.41) is 2.80. The Bertz CT molecular complexity index is 665. The Hall–Kier alpha value is -2.01. The van der Waals surface area contributed by atoms with E-state index in [1.165, 1.54) is 18.2 Å². The molecule has 1 amide bonds. The summed E-state index contributed by atoms with van der Waals surface area (Å²) in [4.78, 5) is 12.2. The number of para-hydroxylation sites is 1. The van der Waals surface area contributed by atoms with Crippen LogP contribution in [0.1, 0.15) is 15.9 Å². The maximum absolute atomic E-state index is 13.1. The first kappa shape index (κ1) is 13.9. The number of hydrogen-bond acceptors (Lipinski definition) is 3. The lowest BCUT2D eigenvalue weighted by Crippen LogP contribution is -2.34. The molecule has 2 aromatic carbocycles. The van der Waals surface area contributed by atoms with E-state index in [1.54, 1.807) is 0 Å². The van der Waals surface area contributed by atoms with Gasteiger partial charge in [-0.05, 0) is 29.8 Å². The van der Waals surface area contributed by atoms with Gasteiger partial charge in [0.1, 0.15) is 17.7 Å². The standard InChI is InChI=1S/C16H14FNO2S/c17-13-6-5-11(8-15(13)21)16(19)18-9-12-7-10-3-1-2-4-14(10)20-12/h1-6,8,12,21H,7,9H2,(H,18,19). The molecular formula is C16H14FNO2S. The van der Waals surface area contributed by atoms with Gasteiger partial charge in [0, 0.05) is 16.9 Å². The van der Waals surface area contributed by atoms with Gasteiger partial charge in [-0.25, -0.2) is 4.39 Å². The van der Waals surface area contributed by atoms with E-state index in [-0.39, 0.29) is 16.9 Å². The number of carbonyl (C=O) groups is 1. The van der Waals surface area contributed by atoms with Crippen molar-refractivity contribution in [1.29, 1.82) is 0 Å². The van der Waals surface area contributed by atoms with Crippen molar-refractivity contribution in [3.05, 3.63) is 59.4 Å². The van der Waals surface area contributed by atoms with Crippen molar-refractivity contribution in [1.82, 2.24) is 5.32 Å². The lowest BCUT2D eigenvalue weighted by molar-refractivity contribution is 0.0933. The number of nitrogens with one attached hydrogen (secondary N) is 1. The molecule has 0 bridgehead atoms. The molecule has 5 heteroatoms. The summed E-state index contributed by atoms with van der Waals surface area (Å²) in [6, 6.07) is 11.9. The van der Waals surface area contributed by atoms with Crippen molar-refractivity contribution < 1.29 is 13.9 Å². The monoisotopic (exact) mass is 303 g/mol. The highest BCUT2D eigenvalue weighted by molar-refractivity contribution is 7.80. The Kier molecular flexibility index (Phi) is 3.84. The highest BCUT2D eigenvalue weighted by Crippen LogP contribution is 2.27. The van der Waals surface area contributed by atoms with Gasteiger partial charge in [-0.15, -0.1) is 12.6 Å². The fraction of sp³-hybridized carbons (Fsp3) is 0.188. The predicted octanol–water partition coefficient (Wildman–Crippen LogP) is 2.85. The first-order chi connectivity index (χ1) is 10.1. The zero-order valence-electron chi connectivity index (χ0n) is 11.2. The molecule has 1 unspecified atom stereocenters. The second-order valence-corrected chi connectivity index (χ2v) is 5.41. The SMILES string of the molecule is O=C(NCC1Cc2ccccc2O1)c1ccc(F)c(S)c1. The Morgan fingerprint density at radius 3 is 2.90 bits per heavy atom. The number of carbonyl (C=O) groups excluding carboxylic acids is 1. The molecule has 1 atom stereocenters. The molecule has 3 nitrogen and oxygen atoms in total. The molecule has 0 aliphatic carbocycles. The van der Waals surface area contributed by atoms with Gasteiger partial charge in [0.15, 0.2) is 0 Å². The molecule has 3 rings (SSSR count). The first-order valence-corrected chi connectivity index (χ1v) is 7.09. The fourth-order valence-electron chi connectivity index (χ4n) is 2.33. The zero-order valence-corrected chi connectivity index (χ0v) is 12.1. The van der Waals surface area contributed by atoms with Gasteiger partial charge in [0.25, 0.3) is 5.91 Å². The molecule has 108 valence electrons. The van der Waals surface area contributed by atoms with Crippen molar-refractivity contribution >= 4 is 18.5 Å². The number of fused-ring (bicyclic) bond motifs is 1. The third-order valence-electron chi connectivity index (χ3n) is 3.41. The third kappa shape index (κ3) is 3.03. The summed E-state index contributed by atoms with van der Waals surface area (Å²) in [6.07, 6.45) is 0.708. The average Bonchev–Trinajstić information content (AvgIpc) is 2.90. The average molecular weight is 303 g/mol. The van der Waals surface area contributed by atoms with E-state index in [2.05, 4.69) is 17.9 Å². The van der Waals surface area contributed by atoms with Gasteiger partial charge in [-0.1, -0.05) is 18.2 Å². The van der Waals surface area contributed by atoms with Gasteiger partial charge >= 0.3 is 0 Å². The molecule has 0 aromatic heterocycles. The molecular weight excluding hydrogens is 289 g/mol. The predicted molar refractivity (Wildman–Crippen MR) is 80.5 cm³/mol. The summed E-state index contributed by atoms with van der Waals surface area (Å²) in [7, 11) is 0. The van der Waals surface area contributed by atoms with E-state index < -0.39 is 5.82 Å². The molecule has 1 N–H and O–H groups in total. The second-order valence-electron chi connectivity index (χ2n) is 4.93. The van der Waals surface area contributed by atoms with Crippen molar-refractivity contribution in [3.8, 4) is 5.75 Å². The van der Waals surface area contributed by atoms with E-state index >= 15 is 0 Å². The van der Waals surface area contributed by atoms with Crippen LogP contribution in [0.5, 0.6) is 5.75 Å². The molecule has 0 spiro atoms. The number of hydrogen-bond donors (Lipinski definition) is 2. The van der Waals surface area contributed by atoms with Crippen molar-refractivity contribution in [2.45, 2.75) is 17.4 Å². The van der Waals surface area contributed by atoms with Crippen LogP contribution in [-0.4, -0.2) is 18.6 Å². The topological polar surface area (TPSA) is 38.3 Å². The fourth-order valence-corrected chi connectivity index (χ4v) is 2.54. The van der Waals surface area contributed by atoms with Crippen LogP contribution in [-0.2, 0) is 6.42 Å². The smallest absolute Gasteiger partial charge is 0.251 e. The van der Waals surface area contributed by atoms with E-state index in [0.29, 0.717) is 12.1 Å². The Morgan fingerprint density at radius 2 is 2.14 bits per heavy atom. The van der Waals surface area contributed by atoms with Gasteiger partial charge < -0.3 is 10.1 Å². The Morgan fingerprint density at radius 1 is 1.33 bits per heavy atom. The number of rotatable bonds is 3. The highest BCUT2D eigenvalue weighted by Gasteiger charge is 2.22. The van der Waals surface area contributed by atoms with Gasteiger partial charge in [-0.3, -0.25) is 4.79 Å². The number of benzene rings is 2. The lowest BCUT2D eigenvalue weighted by Gasteiger charge is -2.12. The van der Waals surface area contributed by atoms with Crippen LogP contribution in [0.3, 0.4) is 0 Å². The van der Waals surface area contributed by atoms with Crippen LogP contribution in [0, 0.1) is 5.82 Å². The molecule has 1 heterocycles. The first-order valence-electron chi connectivity index (χ1n) is 6.65. The number of halogens is 1. The maximum Gasteiger partial charge on any atom is 0.251 e. The Labute approximate surface area is 127 Å². The minimum Gasteiger partial charge on any atom is -0.488 e. The Balaban J connectivity index is 1.59. The van der Waals surface area contributed by atoms with E-state index in [1.807, 2.05) is 24.3 Å².